The fourth-order valence-electron chi connectivity index (χ4n) is 4.06. The van der Waals surface area contributed by atoms with Crippen LogP contribution in [0.3, 0.4) is 0 Å². The van der Waals surface area contributed by atoms with Crippen molar-refractivity contribution in [3.63, 3.8) is 0 Å². The van der Waals surface area contributed by atoms with Gasteiger partial charge in [0.1, 0.15) is 24.1 Å². The number of nitrogens with zero attached hydrogens (tertiary/aromatic N) is 3. The number of rotatable bonds is 6. The van der Waals surface area contributed by atoms with E-state index < -0.39 is 23.8 Å². The lowest BCUT2D eigenvalue weighted by molar-refractivity contribution is -0.140. The van der Waals surface area contributed by atoms with Gasteiger partial charge in [-0.15, -0.1) is 0 Å². The van der Waals surface area contributed by atoms with Gasteiger partial charge in [0.15, 0.2) is 11.5 Å². The summed E-state index contributed by atoms with van der Waals surface area (Å²) in [5.74, 6) is -0.185. The Morgan fingerprint density at radius 1 is 1.26 bits per heavy atom. The number of carbonyl (C=O) groups excluding carboxylic acids is 1. The van der Waals surface area contributed by atoms with E-state index in [4.69, 9.17) is 19.7 Å². The smallest absolute Gasteiger partial charge is 0.433 e. The number of oxazole rings is 1. The summed E-state index contributed by atoms with van der Waals surface area (Å²) in [5.41, 5.74) is 6.01. The van der Waals surface area contributed by atoms with Crippen LogP contribution in [-0.2, 0) is 11.0 Å². The normalized spacial score (nSPS) is 18.1. The van der Waals surface area contributed by atoms with Crippen LogP contribution in [0.1, 0.15) is 54.2 Å². The number of hydrogen-bond donors (Lipinski definition) is 2. The number of alkyl halides is 3. The molecule has 0 radical (unpaired) electrons. The van der Waals surface area contributed by atoms with Gasteiger partial charge in [-0.3, -0.25) is 4.79 Å². The van der Waals surface area contributed by atoms with Gasteiger partial charge < -0.3 is 25.0 Å². The van der Waals surface area contributed by atoms with Crippen LogP contribution in [-0.4, -0.2) is 41.8 Å². The minimum Gasteiger partial charge on any atom is -0.494 e. The van der Waals surface area contributed by atoms with Gasteiger partial charge in [-0.1, -0.05) is 5.16 Å². The molecule has 1 amide bonds. The number of ether oxygens (including phenoxy) is 1. The maximum absolute atomic E-state index is 13.2. The molecule has 2 aromatic heterocycles. The number of hydrogen-bond acceptors (Lipinski definition) is 8. The number of amides is 1. The Balaban J connectivity index is 1.77. The van der Waals surface area contributed by atoms with Gasteiger partial charge in [-0.2, -0.15) is 13.2 Å². The average Bonchev–Trinajstić information content (AvgIpc) is 3.45. The zero-order valence-corrected chi connectivity index (χ0v) is 19.3. The molecule has 1 fully saturated rings. The molecule has 1 unspecified atom stereocenters. The highest BCUT2D eigenvalue weighted by atomic mass is 19.4. The predicted octanol–water partition coefficient (Wildman–Crippen LogP) is 4.22. The maximum atomic E-state index is 13.2. The maximum Gasteiger partial charge on any atom is 0.433 e. The van der Waals surface area contributed by atoms with Crippen molar-refractivity contribution in [2.45, 2.75) is 44.4 Å². The highest BCUT2D eigenvalue weighted by molar-refractivity contribution is 6.01. The van der Waals surface area contributed by atoms with E-state index in [0.29, 0.717) is 23.8 Å². The summed E-state index contributed by atoms with van der Waals surface area (Å²) in [7, 11) is 2.77. The molecule has 1 aliphatic carbocycles. The minimum absolute atomic E-state index is 0.0116. The van der Waals surface area contributed by atoms with Crippen LogP contribution < -0.4 is 15.8 Å². The van der Waals surface area contributed by atoms with Gasteiger partial charge >= 0.3 is 6.18 Å². The lowest BCUT2D eigenvalue weighted by atomic mass is 10.1. The third kappa shape index (κ3) is 4.78. The number of oxime groups is 1. The zero-order valence-electron chi connectivity index (χ0n) is 19.3. The molecule has 2 heterocycles. The van der Waals surface area contributed by atoms with Crippen LogP contribution in [0.4, 0.5) is 13.2 Å². The van der Waals surface area contributed by atoms with E-state index in [1.807, 2.05) is 0 Å². The van der Waals surface area contributed by atoms with Crippen LogP contribution >= 0.6 is 0 Å². The van der Waals surface area contributed by atoms with Crippen LogP contribution in [0.5, 0.6) is 5.75 Å². The molecular weight excluding hydrogens is 467 g/mol. The van der Waals surface area contributed by atoms with Crippen molar-refractivity contribution < 1.29 is 32.0 Å². The first-order valence-electron chi connectivity index (χ1n) is 10.9. The minimum atomic E-state index is -4.63. The standard InChI is InChI=1S/C23H24F3N5O4/c1-11(27)20-19(21(32)28-14-5-4-6-15(14)31-34-3)30-22(35-20)13-7-9-16(33-2)18-12(13)8-10-17(29-18)23(24,25)26/h7-11,14H,4-6,27H2,1-3H3,(H,28,32)/t11-,14?/m0/s1. The first-order valence-corrected chi connectivity index (χ1v) is 10.9. The number of carbonyl (C=O) groups is 1. The summed E-state index contributed by atoms with van der Waals surface area (Å²) in [4.78, 5) is 26.1. The van der Waals surface area contributed by atoms with E-state index in [1.54, 1.807) is 13.0 Å². The average molecular weight is 491 g/mol. The predicted molar refractivity (Wildman–Crippen MR) is 121 cm³/mol. The summed E-state index contributed by atoms with van der Waals surface area (Å²) in [6.45, 7) is 1.64. The topological polar surface area (TPSA) is 125 Å². The number of aromatic nitrogens is 2. The van der Waals surface area contributed by atoms with Crippen molar-refractivity contribution >= 4 is 22.5 Å². The summed E-state index contributed by atoms with van der Waals surface area (Å²) in [6.07, 6.45) is -2.38. The largest absolute Gasteiger partial charge is 0.494 e. The Bertz CT molecular complexity index is 1290. The molecule has 2 atom stereocenters. The highest BCUT2D eigenvalue weighted by Gasteiger charge is 2.34. The molecule has 0 spiro atoms. The second kappa shape index (κ2) is 9.53. The van der Waals surface area contributed by atoms with E-state index in [0.717, 1.165) is 18.2 Å². The second-order valence-electron chi connectivity index (χ2n) is 8.11. The van der Waals surface area contributed by atoms with Crippen molar-refractivity contribution in [3.05, 3.63) is 41.4 Å². The van der Waals surface area contributed by atoms with E-state index in [2.05, 4.69) is 20.4 Å². The Morgan fingerprint density at radius 3 is 2.69 bits per heavy atom. The van der Waals surface area contributed by atoms with Gasteiger partial charge in [0.25, 0.3) is 5.91 Å². The summed E-state index contributed by atoms with van der Waals surface area (Å²) >= 11 is 0. The summed E-state index contributed by atoms with van der Waals surface area (Å²) < 4.78 is 50.8. The second-order valence-corrected chi connectivity index (χ2v) is 8.11. The number of methoxy groups -OCH3 is 1. The SMILES string of the molecule is CON=C1CCCC1NC(=O)c1nc(-c2ccc(OC)c3nc(C(F)(F)F)ccc23)oc1[C@H](C)N. The van der Waals surface area contributed by atoms with Crippen LogP contribution in [0.15, 0.2) is 33.8 Å². The van der Waals surface area contributed by atoms with E-state index in [1.165, 1.54) is 26.4 Å². The first kappa shape index (κ1) is 24.5. The molecule has 0 aliphatic heterocycles. The Labute approximate surface area is 198 Å². The van der Waals surface area contributed by atoms with Crippen molar-refractivity contribution in [3.8, 4) is 17.2 Å². The molecule has 4 rings (SSSR count). The fraction of sp³-hybridized carbons (Fsp3) is 0.391. The van der Waals surface area contributed by atoms with Gasteiger partial charge in [0.2, 0.25) is 5.89 Å². The number of nitrogens with two attached hydrogens (primary N) is 1. The Kier molecular flexibility index (Phi) is 6.66. The third-order valence-electron chi connectivity index (χ3n) is 5.68. The molecule has 35 heavy (non-hydrogen) atoms. The number of halogens is 3. The molecule has 3 N–H and O–H groups in total. The molecule has 3 aromatic rings. The van der Waals surface area contributed by atoms with Gasteiger partial charge in [0.05, 0.1) is 24.9 Å². The molecular formula is C23H24F3N5O4. The van der Waals surface area contributed by atoms with E-state index in [-0.39, 0.29) is 34.7 Å². The van der Waals surface area contributed by atoms with E-state index in [9.17, 15) is 18.0 Å². The zero-order chi connectivity index (χ0) is 25.3. The fourth-order valence-corrected chi connectivity index (χ4v) is 4.06. The molecule has 12 heteroatoms. The lowest BCUT2D eigenvalue weighted by Crippen LogP contribution is -2.38. The quantitative estimate of drug-likeness (QED) is 0.495. The molecule has 0 bridgehead atoms. The number of benzene rings is 1. The molecule has 9 nitrogen and oxygen atoms in total. The molecule has 186 valence electrons. The van der Waals surface area contributed by atoms with Crippen molar-refractivity contribution in [2.24, 2.45) is 10.9 Å². The van der Waals surface area contributed by atoms with E-state index >= 15 is 0 Å². The van der Waals surface area contributed by atoms with Crippen LogP contribution in [0.2, 0.25) is 0 Å². The van der Waals surface area contributed by atoms with Gasteiger partial charge in [-0.25, -0.2) is 9.97 Å². The molecule has 1 aliphatic rings. The van der Waals surface area contributed by atoms with Crippen molar-refractivity contribution in [1.29, 1.82) is 0 Å². The Morgan fingerprint density at radius 2 is 2.03 bits per heavy atom. The first-order chi connectivity index (χ1) is 16.6. The van der Waals surface area contributed by atoms with Gasteiger partial charge in [0, 0.05) is 10.9 Å². The molecule has 1 aromatic carbocycles. The molecule has 0 saturated heterocycles. The monoisotopic (exact) mass is 491 g/mol. The van der Waals surface area contributed by atoms with Crippen molar-refractivity contribution in [1.82, 2.24) is 15.3 Å². The third-order valence-corrected chi connectivity index (χ3v) is 5.68. The number of nitrogens with one attached hydrogen (secondary N) is 1. The summed E-state index contributed by atoms with van der Waals surface area (Å²) in [5, 5.41) is 7.17. The highest BCUT2D eigenvalue weighted by Crippen LogP contribution is 2.37. The van der Waals surface area contributed by atoms with Crippen LogP contribution in [0, 0.1) is 0 Å². The number of fused-ring (bicyclic) bond motifs is 1. The van der Waals surface area contributed by atoms with Gasteiger partial charge in [-0.05, 0) is 50.5 Å². The van der Waals surface area contributed by atoms with Crippen LogP contribution in [0.25, 0.3) is 22.4 Å². The summed E-state index contributed by atoms with van der Waals surface area (Å²) in [6, 6.07) is 4.19. The molecule has 1 saturated carbocycles. The lowest BCUT2D eigenvalue weighted by Gasteiger charge is -2.12. The Hall–Kier alpha value is -3.67. The van der Waals surface area contributed by atoms with Crippen molar-refractivity contribution in [2.75, 3.05) is 14.2 Å². The number of pyridine rings is 1.